The average Bonchev–Trinajstić information content (AvgIpc) is 3.28. The zero-order valence-corrected chi connectivity index (χ0v) is 13.9. The van der Waals surface area contributed by atoms with E-state index in [9.17, 15) is 8.42 Å². The summed E-state index contributed by atoms with van der Waals surface area (Å²) >= 11 is 4.90. The summed E-state index contributed by atoms with van der Waals surface area (Å²) < 4.78 is 24.9. The smallest absolute Gasteiger partial charge is 0.179 e. The van der Waals surface area contributed by atoms with Gasteiger partial charge in [0, 0.05) is 18.2 Å². The number of nitrogens with two attached hydrogens (primary N) is 1. The molecule has 0 radical (unpaired) electrons. The van der Waals surface area contributed by atoms with Crippen LogP contribution in [0.4, 0.5) is 0 Å². The Morgan fingerprint density at radius 3 is 2.67 bits per heavy atom. The number of thiocarbonyl (C=S) groups is 1. The number of nitrogens with zero attached hydrogens (tertiary/aromatic N) is 1. The molecular weight excluding hydrogens is 304 g/mol. The molecule has 2 rings (SSSR count). The second-order valence-corrected chi connectivity index (χ2v) is 8.03. The van der Waals surface area contributed by atoms with Crippen molar-refractivity contribution in [2.24, 2.45) is 5.73 Å². The third kappa shape index (κ3) is 4.49. The van der Waals surface area contributed by atoms with E-state index >= 15 is 0 Å². The molecule has 4 nitrogen and oxygen atoms in total. The van der Waals surface area contributed by atoms with Crippen LogP contribution in [0.5, 0.6) is 0 Å². The van der Waals surface area contributed by atoms with Crippen LogP contribution in [0.15, 0.2) is 29.2 Å². The predicted octanol–water partition coefficient (Wildman–Crippen LogP) is 1.97. The fraction of sp³-hybridized carbons (Fsp3) is 0.533. The van der Waals surface area contributed by atoms with Gasteiger partial charge >= 0.3 is 0 Å². The van der Waals surface area contributed by atoms with Gasteiger partial charge in [-0.25, -0.2) is 8.42 Å². The van der Waals surface area contributed by atoms with Crippen LogP contribution in [0.2, 0.25) is 0 Å². The Morgan fingerprint density at radius 2 is 2.10 bits per heavy atom. The molecule has 21 heavy (non-hydrogen) atoms. The molecule has 1 aromatic carbocycles. The van der Waals surface area contributed by atoms with E-state index in [-0.39, 0.29) is 10.7 Å². The fourth-order valence-corrected chi connectivity index (χ4v) is 3.83. The highest BCUT2D eigenvalue weighted by Gasteiger charge is 2.29. The van der Waals surface area contributed by atoms with Crippen LogP contribution in [0.3, 0.4) is 0 Å². The lowest BCUT2D eigenvalue weighted by Gasteiger charge is -2.21. The van der Waals surface area contributed by atoms with E-state index in [0.29, 0.717) is 23.0 Å². The van der Waals surface area contributed by atoms with Crippen molar-refractivity contribution in [1.29, 1.82) is 0 Å². The first kappa shape index (κ1) is 16.4. The molecule has 6 heteroatoms. The molecular formula is C15H22N2O2S2. The van der Waals surface area contributed by atoms with E-state index in [4.69, 9.17) is 18.0 Å². The van der Waals surface area contributed by atoms with Gasteiger partial charge in [0.2, 0.25) is 0 Å². The lowest BCUT2D eigenvalue weighted by atomic mass is 10.2. The quantitative estimate of drug-likeness (QED) is 0.740. The van der Waals surface area contributed by atoms with Crippen LogP contribution in [0.25, 0.3) is 0 Å². The Morgan fingerprint density at radius 1 is 1.38 bits per heavy atom. The summed E-state index contributed by atoms with van der Waals surface area (Å²) in [6, 6.07) is 7.18. The average molecular weight is 326 g/mol. The molecule has 0 aliphatic heterocycles. The number of sulfone groups is 1. The number of hydrogen-bond acceptors (Lipinski definition) is 4. The number of benzene rings is 1. The molecule has 1 aromatic rings. The van der Waals surface area contributed by atoms with Crippen molar-refractivity contribution in [3.05, 3.63) is 29.8 Å². The van der Waals surface area contributed by atoms with Crippen molar-refractivity contribution in [2.45, 2.75) is 37.1 Å². The molecule has 0 atom stereocenters. The second-order valence-electron chi connectivity index (χ2n) is 5.48. The van der Waals surface area contributed by atoms with Gasteiger partial charge in [-0.15, -0.1) is 0 Å². The van der Waals surface area contributed by atoms with Gasteiger partial charge in [-0.2, -0.15) is 0 Å². The molecule has 1 saturated carbocycles. The summed E-state index contributed by atoms with van der Waals surface area (Å²) in [5.74, 6) is 0.143. The van der Waals surface area contributed by atoms with E-state index in [0.717, 1.165) is 13.0 Å². The molecule has 0 bridgehead atoms. The van der Waals surface area contributed by atoms with Gasteiger partial charge in [-0.3, -0.25) is 4.90 Å². The highest BCUT2D eigenvalue weighted by molar-refractivity contribution is 7.91. The maximum absolute atomic E-state index is 12.4. The first-order valence-corrected chi connectivity index (χ1v) is 9.37. The highest BCUT2D eigenvalue weighted by atomic mass is 32.2. The summed E-state index contributed by atoms with van der Waals surface area (Å²) in [5.41, 5.74) is 6.16. The van der Waals surface area contributed by atoms with Crippen LogP contribution in [0.1, 0.15) is 31.7 Å². The molecule has 116 valence electrons. The van der Waals surface area contributed by atoms with Gasteiger partial charge in [-0.1, -0.05) is 31.3 Å². The van der Waals surface area contributed by atoms with E-state index in [2.05, 4.69) is 11.8 Å². The van der Waals surface area contributed by atoms with Crippen molar-refractivity contribution in [2.75, 3.05) is 18.8 Å². The predicted molar refractivity (Wildman–Crippen MR) is 89.3 cm³/mol. The van der Waals surface area contributed by atoms with Crippen LogP contribution < -0.4 is 5.73 Å². The lowest BCUT2D eigenvalue weighted by Crippen LogP contribution is -2.32. The van der Waals surface area contributed by atoms with Crippen LogP contribution in [-0.2, 0) is 9.84 Å². The first-order chi connectivity index (χ1) is 9.94. The zero-order chi connectivity index (χ0) is 15.5. The topological polar surface area (TPSA) is 63.4 Å². The Kier molecular flexibility index (Phi) is 5.35. The van der Waals surface area contributed by atoms with Crippen molar-refractivity contribution in [3.8, 4) is 0 Å². The van der Waals surface area contributed by atoms with Crippen molar-refractivity contribution < 1.29 is 8.42 Å². The molecule has 1 fully saturated rings. The van der Waals surface area contributed by atoms with Gasteiger partial charge in [0.05, 0.1) is 10.6 Å². The highest BCUT2D eigenvalue weighted by Crippen LogP contribution is 2.27. The second kappa shape index (κ2) is 6.85. The largest absolute Gasteiger partial charge is 0.389 e. The monoisotopic (exact) mass is 326 g/mol. The fourth-order valence-electron chi connectivity index (χ4n) is 2.40. The molecule has 0 spiro atoms. The molecule has 0 aromatic heterocycles. The van der Waals surface area contributed by atoms with Gasteiger partial charge in [0.15, 0.2) is 9.84 Å². The number of hydrogen-bond donors (Lipinski definition) is 1. The van der Waals surface area contributed by atoms with Crippen LogP contribution in [0, 0.1) is 0 Å². The Bertz CT molecular complexity index is 610. The zero-order valence-electron chi connectivity index (χ0n) is 12.3. The molecule has 0 amide bonds. The Labute approximate surface area is 132 Å². The van der Waals surface area contributed by atoms with Gasteiger partial charge < -0.3 is 5.73 Å². The third-order valence-electron chi connectivity index (χ3n) is 3.70. The minimum atomic E-state index is -3.29. The van der Waals surface area contributed by atoms with Crippen LogP contribution in [-0.4, -0.2) is 43.2 Å². The normalized spacial score (nSPS) is 15.3. The summed E-state index contributed by atoms with van der Waals surface area (Å²) in [6.07, 6.45) is 3.43. The standard InChI is InChI=1S/C15H22N2O2S2/c1-2-8-17(13-6-7-13)9-10-21(18,19)14-5-3-4-12(11-14)15(16)20/h3-5,11,13H,2,6-10H2,1H3,(H2,16,20). The molecule has 0 saturated heterocycles. The van der Waals surface area contributed by atoms with Crippen molar-refractivity contribution in [3.63, 3.8) is 0 Å². The SMILES string of the molecule is CCCN(CCS(=O)(=O)c1cccc(C(N)=S)c1)C1CC1. The number of rotatable bonds is 8. The van der Waals surface area contributed by atoms with E-state index in [1.54, 1.807) is 24.3 Å². The van der Waals surface area contributed by atoms with Crippen LogP contribution >= 0.6 is 12.2 Å². The Hall–Kier alpha value is -0.980. The maximum atomic E-state index is 12.4. The van der Waals surface area contributed by atoms with E-state index < -0.39 is 9.84 Å². The minimum Gasteiger partial charge on any atom is -0.389 e. The summed E-state index contributed by atoms with van der Waals surface area (Å²) in [4.78, 5) is 2.81. The third-order valence-corrected chi connectivity index (χ3v) is 5.63. The van der Waals surface area contributed by atoms with E-state index in [1.165, 1.54) is 12.8 Å². The van der Waals surface area contributed by atoms with Gasteiger partial charge in [0.25, 0.3) is 0 Å². The molecule has 1 aliphatic carbocycles. The van der Waals surface area contributed by atoms with Gasteiger partial charge in [-0.05, 0) is 37.9 Å². The molecule has 2 N–H and O–H groups in total. The van der Waals surface area contributed by atoms with Crippen molar-refractivity contribution in [1.82, 2.24) is 4.90 Å². The summed E-state index contributed by atoms with van der Waals surface area (Å²) in [6.45, 7) is 3.68. The lowest BCUT2D eigenvalue weighted by molar-refractivity contribution is 0.279. The maximum Gasteiger partial charge on any atom is 0.179 e. The van der Waals surface area contributed by atoms with Gasteiger partial charge in [0.1, 0.15) is 4.99 Å². The molecule has 1 aliphatic rings. The minimum absolute atomic E-state index is 0.143. The Balaban J connectivity index is 2.07. The molecule has 0 unspecified atom stereocenters. The summed E-state index contributed by atoms with van der Waals surface area (Å²) in [5, 5.41) is 0. The first-order valence-electron chi connectivity index (χ1n) is 7.30. The summed E-state index contributed by atoms with van der Waals surface area (Å²) in [7, 11) is -3.29. The van der Waals surface area contributed by atoms with E-state index in [1.807, 2.05) is 0 Å². The molecule has 0 heterocycles. The van der Waals surface area contributed by atoms with Crippen molar-refractivity contribution >= 4 is 27.0 Å².